The molecule has 98 valence electrons. The third-order valence-electron chi connectivity index (χ3n) is 3.96. The number of nitrogens with two attached hydrogens (primary N) is 1. The Balaban J connectivity index is 2.26. The first-order valence-corrected chi connectivity index (χ1v) is 6.70. The van der Waals surface area contributed by atoms with Crippen molar-refractivity contribution in [1.29, 1.82) is 5.41 Å². The summed E-state index contributed by atoms with van der Waals surface area (Å²) in [6.45, 7) is 7.86. The normalized spacial score (nSPS) is 24.1. The molecule has 1 aliphatic heterocycles. The maximum absolute atomic E-state index is 7.48. The van der Waals surface area contributed by atoms with Gasteiger partial charge >= 0.3 is 0 Å². The highest BCUT2D eigenvalue weighted by Gasteiger charge is 2.23. The van der Waals surface area contributed by atoms with E-state index < -0.39 is 0 Å². The van der Waals surface area contributed by atoms with E-state index in [1.54, 1.807) is 0 Å². The van der Waals surface area contributed by atoms with Crippen molar-refractivity contribution in [1.82, 2.24) is 0 Å². The van der Waals surface area contributed by atoms with Crippen LogP contribution in [0.4, 0.5) is 5.69 Å². The van der Waals surface area contributed by atoms with Gasteiger partial charge in [-0.3, -0.25) is 5.41 Å². The van der Waals surface area contributed by atoms with Crippen molar-refractivity contribution < 1.29 is 0 Å². The fourth-order valence-corrected chi connectivity index (χ4v) is 2.91. The highest BCUT2D eigenvalue weighted by Crippen LogP contribution is 2.30. The number of nitrogen functional groups attached to an aromatic ring is 1. The minimum absolute atomic E-state index is 0.143. The molecule has 3 N–H and O–H groups in total. The van der Waals surface area contributed by atoms with Crippen molar-refractivity contribution in [3.63, 3.8) is 0 Å². The van der Waals surface area contributed by atoms with Crippen LogP contribution in [0.25, 0.3) is 0 Å². The molecule has 0 spiro atoms. The lowest BCUT2D eigenvalue weighted by molar-refractivity contribution is 0.377. The molecule has 3 heteroatoms. The molecule has 2 unspecified atom stereocenters. The summed E-state index contributed by atoms with van der Waals surface area (Å²) in [6.07, 6.45) is 2.52. The van der Waals surface area contributed by atoms with E-state index in [4.69, 9.17) is 11.1 Å². The van der Waals surface area contributed by atoms with Crippen molar-refractivity contribution in [2.75, 3.05) is 11.4 Å². The van der Waals surface area contributed by atoms with E-state index >= 15 is 0 Å². The van der Waals surface area contributed by atoms with Crippen LogP contribution < -0.4 is 10.6 Å². The van der Waals surface area contributed by atoms with E-state index in [2.05, 4.69) is 31.7 Å². The highest BCUT2D eigenvalue weighted by atomic mass is 15.2. The molecule has 0 aromatic heterocycles. The van der Waals surface area contributed by atoms with Crippen LogP contribution in [-0.4, -0.2) is 18.4 Å². The van der Waals surface area contributed by atoms with Crippen molar-refractivity contribution in [3.8, 4) is 0 Å². The zero-order valence-electron chi connectivity index (χ0n) is 11.5. The molecule has 1 fully saturated rings. The molecule has 0 bridgehead atoms. The lowest BCUT2D eigenvalue weighted by Crippen LogP contribution is -2.40. The van der Waals surface area contributed by atoms with E-state index in [-0.39, 0.29) is 5.84 Å². The Morgan fingerprint density at radius 1 is 1.39 bits per heavy atom. The summed E-state index contributed by atoms with van der Waals surface area (Å²) in [5.41, 5.74) is 8.84. The first-order valence-electron chi connectivity index (χ1n) is 6.70. The second-order valence-corrected chi connectivity index (χ2v) is 5.59. The van der Waals surface area contributed by atoms with Crippen LogP contribution >= 0.6 is 0 Å². The molecule has 1 heterocycles. The molecule has 0 saturated carbocycles. The van der Waals surface area contributed by atoms with E-state index in [9.17, 15) is 0 Å². The van der Waals surface area contributed by atoms with Gasteiger partial charge in [-0.25, -0.2) is 0 Å². The molecular weight excluding hydrogens is 222 g/mol. The maximum Gasteiger partial charge on any atom is 0.122 e. The number of anilines is 1. The van der Waals surface area contributed by atoms with Gasteiger partial charge in [0.1, 0.15) is 5.84 Å². The van der Waals surface area contributed by atoms with E-state index in [1.807, 2.05) is 12.1 Å². The Morgan fingerprint density at radius 3 is 2.67 bits per heavy atom. The zero-order valence-corrected chi connectivity index (χ0v) is 11.5. The van der Waals surface area contributed by atoms with Gasteiger partial charge in [0.15, 0.2) is 0 Å². The largest absolute Gasteiger partial charge is 0.384 e. The van der Waals surface area contributed by atoms with E-state index in [1.165, 1.54) is 24.1 Å². The molecule has 18 heavy (non-hydrogen) atoms. The monoisotopic (exact) mass is 245 g/mol. The third kappa shape index (κ3) is 2.50. The zero-order chi connectivity index (χ0) is 13.3. The summed E-state index contributed by atoms with van der Waals surface area (Å²) in [4.78, 5) is 2.49. The molecule has 2 atom stereocenters. The summed E-state index contributed by atoms with van der Waals surface area (Å²) in [5.74, 6) is 0.970. The molecule has 2 rings (SSSR count). The van der Waals surface area contributed by atoms with Gasteiger partial charge < -0.3 is 10.6 Å². The molecule has 1 saturated heterocycles. The summed E-state index contributed by atoms with van der Waals surface area (Å²) in [5, 5.41) is 7.48. The quantitative estimate of drug-likeness (QED) is 0.622. The van der Waals surface area contributed by atoms with Gasteiger partial charge in [0, 0.05) is 23.8 Å². The van der Waals surface area contributed by atoms with Gasteiger partial charge in [0.2, 0.25) is 0 Å². The number of hydrogen-bond donors (Lipinski definition) is 2. The van der Waals surface area contributed by atoms with Gasteiger partial charge in [0.25, 0.3) is 0 Å². The van der Waals surface area contributed by atoms with Crippen LogP contribution in [-0.2, 0) is 0 Å². The molecule has 0 aliphatic carbocycles. The summed E-state index contributed by atoms with van der Waals surface area (Å²) in [6, 6.07) is 6.67. The van der Waals surface area contributed by atoms with Gasteiger partial charge in [-0.05, 0) is 56.4 Å². The Bertz CT molecular complexity index is 453. The molecular formula is C15H23N3. The molecule has 1 aromatic rings. The molecule has 0 radical (unpaired) electrons. The van der Waals surface area contributed by atoms with Gasteiger partial charge in [-0.2, -0.15) is 0 Å². The minimum atomic E-state index is 0.143. The molecule has 3 nitrogen and oxygen atoms in total. The summed E-state index contributed by atoms with van der Waals surface area (Å²) >= 11 is 0. The van der Waals surface area contributed by atoms with Crippen LogP contribution in [0.15, 0.2) is 18.2 Å². The number of nitrogens with one attached hydrogen (secondary N) is 1. The number of benzene rings is 1. The van der Waals surface area contributed by atoms with Crippen LogP contribution in [0.1, 0.15) is 37.8 Å². The SMILES string of the molecule is Cc1cc(C(=N)N)ccc1N1CCC(C)CC1C. The standard InChI is InChI=1S/C15H23N3/c1-10-6-7-18(12(3)8-10)14-5-4-13(15(16)17)9-11(14)2/h4-5,9-10,12H,6-8H2,1-3H3,(H3,16,17). The Kier molecular flexibility index (Phi) is 3.60. The van der Waals surface area contributed by atoms with E-state index in [0.29, 0.717) is 6.04 Å². The lowest BCUT2D eigenvalue weighted by Gasteiger charge is -2.39. The molecule has 0 amide bonds. The predicted molar refractivity (Wildman–Crippen MR) is 77.4 cm³/mol. The Labute approximate surface area is 109 Å². The summed E-state index contributed by atoms with van der Waals surface area (Å²) < 4.78 is 0. The average Bonchev–Trinajstić information content (AvgIpc) is 2.30. The second kappa shape index (κ2) is 5.01. The predicted octanol–water partition coefficient (Wildman–Crippen LogP) is 2.90. The Morgan fingerprint density at radius 2 is 2.11 bits per heavy atom. The van der Waals surface area contributed by atoms with Crippen LogP contribution in [0.5, 0.6) is 0 Å². The van der Waals surface area contributed by atoms with Crippen molar-refractivity contribution in [3.05, 3.63) is 29.3 Å². The van der Waals surface area contributed by atoms with Crippen LogP contribution in [0, 0.1) is 18.3 Å². The van der Waals surface area contributed by atoms with Crippen molar-refractivity contribution in [2.24, 2.45) is 11.7 Å². The molecule has 1 aromatic carbocycles. The van der Waals surface area contributed by atoms with Crippen LogP contribution in [0.2, 0.25) is 0 Å². The van der Waals surface area contributed by atoms with E-state index in [0.717, 1.165) is 18.0 Å². The van der Waals surface area contributed by atoms with Gasteiger partial charge in [-0.15, -0.1) is 0 Å². The number of piperidine rings is 1. The number of amidine groups is 1. The van der Waals surface area contributed by atoms with Gasteiger partial charge in [-0.1, -0.05) is 6.92 Å². The van der Waals surface area contributed by atoms with Crippen molar-refractivity contribution >= 4 is 11.5 Å². The molecule has 1 aliphatic rings. The second-order valence-electron chi connectivity index (χ2n) is 5.59. The first-order chi connectivity index (χ1) is 8.49. The van der Waals surface area contributed by atoms with Crippen LogP contribution in [0.3, 0.4) is 0 Å². The third-order valence-corrected chi connectivity index (χ3v) is 3.96. The fraction of sp³-hybridized carbons (Fsp3) is 0.533. The van der Waals surface area contributed by atoms with Gasteiger partial charge in [0.05, 0.1) is 0 Å². The maximum atomic E-state index is 7.48. The first kappa shape index (κ1) is 12.9. The highest BCUT2D eigenvalue weighted by molar-refractivity contribution is 5.95. The minimum Gasteiger partial charge on any atom is -0.384 e. The number of nitrogens with zero attached hydrogens (tertiary/aromatic N) is 1. The smallest absolute Gasteiger partial charge is 0.122 e. The fourth-order valence-electron chi connectivity index (χ4n) is 2.91. The van der Waals surface area contributed by atoms with Crippen molar-refractivity contribution in [2.45, 2.75) is 39.7 Å². The number of rotatable bonds is 2. The Hall–Kier alpha value is -1.51. The number of aryl methyl sites for hydroxylation is 1. The summed E-state index contributed by atoms with van der Waals surface area (Å²) in [7, 11) is 0. The number of hydrogen-bond acceptors (Lipinski definition) is 2. The topological polar surface area (TPSA) is 53.1 Å². The lowest BCUT2D eigenvalue weighted by atomic mass is 9.92. The average molecular weight is 245 g/mol.